The van der Waals surface area contributed by atoms with Gasteiger partial charge >= 0.3 is 5.97 Å². The van der Waals surface area contributed by atoms with Crippen LogP contribution in [0.15, 0.2) is 12.5 Å². The number of hydrogen-bond acceptors (Lipinski definition) is 7. The second-order valence-corrected chi connectivity index (χ2v) is 7.06. The fourth-order valence-corrected chi connectivity index (χ4v) is 2.63. The Morgan fingerprint density at radius 2 is 2.00 bits per heavy atom. The highest BCUT2D eigenvalue weighted by Gasteiger charge is 2.23. The molecule has 7 N–H and O–H groups in total. The van der Waals surface area contributed by atoms with Gasteiger partial charge in [-0.2, -0.15) is 11.8 Å². The van der Waals surface area contributed by atoms with Crippen LogP contribution in [0.3, 0.4) is 0 Å². The SMILES string of the molecule is CSCCC(N)C(=O)NC(C)C(=O)NCC(=O)NC(Cc1cnc[nH]1)C(=O)O. The summed E-state index contributed by atoms with van der Waals surface area (Å²) in [5.41, 5.74) is 6.28. The molecule has 1 aromatic rings. The Morgan fingerprint density at radius 1 is 1.29 bits per heavy atom. The monoisotopic (exact) mass is 414 g/mol. The fraction of sp³-hybridized carbons (Fsp3) is 0.562. The number of nitrogens with two attached hydrogens (primary N) is 1. The normalized spacial score (nSPS) is 13.8. The van der Waals surface area contributed by atoms with Crippen molar-refractivity contribution in [1.82, 2.24) is 25.9 Å². The summed E-state index contributed by atoms with van der Waals surface area (Å²) in [5, 5.41) is 16.4. The number of aromatic nitrogens is 2. The van der Waals surface area contributed by atoms with Gasteiger partial charge in [0.1, 0.15) is 12.1 Å². The average Bonchev–Trinajstić information content (AvgIpc) is 3.16. The van der Waals surface area contributed by atoms with Gasteiger partial charge in [0, 0.05) is 18.3 Å². The molecule has 3 atom stereocenters. The van der Waals surface area contributed by atoms with Gasteiger partial charge in [-0.05, 0) is 25.4 Å². The van der Waals surface area contributed by atoms with E-state index in [0.29, 0.717) is 12.1 Å². The van der Waals surface area contributed by atoms with Crippen LogP contribution in [0.5, 0.6) is 0 Å². The van der Waals surface area contributed by atoms with Crippen LogP contribution in [0.25, 0.3) is 0 Å². The number of carbonyl (C=O) groups excluding carboxylic acids is 3. The molecule has 0 saturated carbocycles. The van der Waals surface area contributed by atoms with Gasteiger partial charge in [0.15, 0.2) is 0 Å². The molecule has 156 valence electrons. The van der Waals surface area contributed by atoms with E-state index in [2.05, 4.69) is 25.9 Å². The van der Waals surface area contributed by atoms with Crippen LogP contribution in [0.2, 0.25) is 0 Å². The summed E-state index contributed by atoms with van der Waals surface area (Å²) in [6, 6.07) is -2.78. The fourth-order valence-electron chi connectivity index (χ4n) is 2.14. The minimum absolute atomic E-state index is 0.0232. The zero-order valence-electron chi connectivity index (χ0n) is 15.7. The molecule has 1 aromatic heterocycles. The van der Waals surface area contributed by atoms with E-state index in [1.165, 1.54) is 19.4 Å². The topological polar surface area (TPSA) is 179 Å². The summed E-state index contributed by atoms with van der Waals surface area (Å²) >= 11 is 1.56. The van der Waals surface area contributed by atoms with Gasteiger partial charge in [-0.25, -0.2) is 9.78 Å². The van der Waals surface area contributed by atoms with Crippen LogP contribution in [-0.2, 0) is 25.6 Å². The molecule has 0 aliphatic carbocycles. The molecule has 1 heterocycles. The summed E-state index contributed by atoms with van der Waals surface area (Å²) in [6.45, 7) is 1.04. The molecule has 0 aliphatic heterocycles. The number of carbonyl (C=O) groups is 4. The standard InChI is InChI=1S/C16H26N6O5S/c1-9(21-15(25)11(17)3-4-28-2)14(24)19-7-13(23)22-12(16(26)27)5-10-6-18-8-20-10/h6,8-9,11-12H,3-5,7,17H2,1-2H3,(H,18,20)(H,19,24)(H,21,25)(H,22,23)(H,26,27). The number of rotatable bonds is 12. The Balaban J connectivity index is 2.42. The molecule has 0 bridgehead atoms. The molecule has 0 spiro atoms. The molecular weight excluding hydrogens is 388 g/mol. The van der Waals surface area contributed by atoms with E-state index < -0.39 is 48.4 Å². The number of H-pyrrole nitrogens is 1. The van der Waals surface area contributed by atoms with E-state index in [0.717, 1.165) is 5.75 Å². The molecule has 28 heavy (non-hydrogen) atoms. The summed E-state index contributed by atoms with van der Waals surface area (Å²) in [5.74, 6) is -2.20. The number of aliphatic carboxylic acids is 1. The Bertz CT molecular complexity index is 668. The van der Waals surface area contributed by atoms with Crippen LogP contribution in [-0.4, -0.2) is 75.4 Å². The number of nitrogens with zero attached hydrogens (tertiary/aromatic N) is 1. The van der Waals surface area contributed by atoms with Crippen molar-refractivity contribution in [3.05, 3.63) is 18.2 Å². The molecule has 0 saturated heterocycles. The summed E-state index contributed by atoms with van der Waals surface area (Å²) in [6.07, 6.45) is 5.26. The minimum atomic E-state index is -1.21. The molecule has 11 nitrogen and oxygen atoms in total. The van der Waals surface area contributed by atoms with Crippen molar-refractivity contribution in [1.29, 1.82) is 0 Å². The lowest BCUT2D eigenvalue weighted by Gasteiger charge is -2.18. The Hall–Kier alpha value is -2.60. The van der Waals surface area contributed by atoms with Gasteiger partial charge in [-0.3, -0.25) is 14.4 Å². The van der Waals surface area contributed by atoms with Crippen molar-refractivity contribution < 1.29 is 24.3 Å². The van der Waals surface area contributed by atoms with Crippen LogP contribution in [0, 0.1) is 0 Å². The number of aromatic amines is 1. The highest BCUT2D eigenvalue weighted by atomic mass is 32.2. The van der Waals surface area contributed by atoms with Gasteiger partial charge in [0.25, 0.3) is 0 Å². The van der Waals surface area contributed by atoms with E-state index in [1.807, 2.05) is 6.26 Å². The molecule has 3 unspecified atom stereocenters. The second-order valence-electron chi connectivity index (χ2n) is 6.08. The quantitative estimate of drug-likeness (QED) is 0.232. The van der Waals surface area contributed by atoms with Crippen molar-refractivity contribution in [2.45, 2.75) is 37.9 Å². The Morgan fingerprint density at radius 3 is 2.57 bits per heavy atom. The average molecular weight is 414 g/mol. The van der Waals surface area contributed by atoms with Gasteiger partial charge < -0.3 is 31.8 Å². The van der Waals surface area contributed by atoms with E-state index in [-0.39, 0.29) is 6.42 Å². The van der Waals surface area contributed by atoms with E-state index in [1.54, 1.807) is 11.8 Å². The predicted octanol–water partition coefficient (Wildman–Crippen LogP) is -1.78. The number of hydrogen-bond donors (Lipinski definition) is 6. The van der Waals surface area contributed by atoms with Gasteiger partial charge in [-0.15, -0.1) is 0 Å². The molecule has 0 aliphatic rings. The van der Waals surface area contributed by atoms with Crippen LogP contribution in [0.4, 0.5) is 0 Å². The first-order chi connectivity index (χ1) is 13.2. The smallest absolute Gasteiger partial charge is 0.326 e. The lowest BCUT2D eigenvalue weighted by Crippen LogP contribution is -2.52. The second kappa shape index (κ2) is 12.0. The zero-order chi connectivity index (χ0) is 21.1. The number of amides is 3. The molecule has 12 heteroatoms. The van der Waals surface area contributed by atoms with Gasteiger partial charge in [0.2, 0.25) is 17.7 Å². The van der Waals surface area contributed by atoms with E-state index in [9.17, 15) is 24.3 Å². The van der Waals surface area contributed by atoms with Crippen LogP contribution >= 0.6 is 11.8 Å². The van der Waals surface area contributed by atoms with Crippen LogP contribution in [0.1, 0.15) is 19.0 Å². The van der Waals surface area contributed by atoms with Gasteiger partial charge in [-0.1, -0.05) is 0 Å². The van der Waals surface area contributed by atoms with Gasteiger partial charge in [0.05, 0.1) is 18.9 Å². The molecule has 0 radical (unpaired) electrons. The number of carboxylic acids is 1. The van der Waals surface area contributed by atoms with Crippen molar-refractivity contribution in [2.75, 3.05) is 18.6 Å². The third-order valence-electron chi connectivity index (χ3n) is 3.76. The van der Waals surface area contributed by atoms with Crippen molar-refractivity contribution >= 4 is 35.5 Å². The van der Waals surface area contributed by atoms with E-state index in [4.69, 9.17) is 5.73 Å². The first-order valence-corrected chi connectivity index (χ1v) is 9.96. The lowest BCUT2D eigenvalue weighted by molar-refractivity contribution is -0.141. The maximum Gasteiger partial charge on any atom is 0.326 e. The lowest BCUT2D eigenvalue weighted by atomic mass is 10.1. The summed E-state index contributed by atoms with van der Waals surface area (Å²) in [4.78, 5) is 53.7. The highest BCUT2D eigenvalue weighted by Crippen LogP contribution is 2.00. The van der Waals surface area contributed by atoms with Crippen LogP contribution < -0.4 is 21.7 Å². The number of imidazole rings is 1. The molecule has 3 amide bonds. The maximum absolute atomic E-state index is 12.0. The third-order valence-corrected chi connectivity index (χ3v) is 4.40. The Labute approximate surface area is 166 Å². The maximum atomic E-state index is 12.0. The molecule has 0 fully saturated rings. The highest BCUT2D eigenvalue weighted by molar-refractivity contribution is 7.98. The minimum Gasteiger partial charge on any atom is -0.480 e. The summed E-state index contributed by atoms with van der Waals surface area (Å²) < 4.78 is 0. The molecule has 0 aromatic carbocycles. The number of nitrogens with one attached hydrogen (secondary N) is 4. The molecular formula is C16H26N6O5S. The number of thioether (sulfide) groups is 1. The zero-order valence-corrected chi connectivity index (χ0v) is 16.5. The molecule has 1 rings (SSSR count). The van der Waals surface area contributed by atoms with Crippen molar-refractivity contribution in [3.63, 3.8) is 0 Å². The van der Waals surface area contributed by atoms with Crippen molar-refractivity contribution in [3.8, 4) is 0 Å². The van der Waals surface area contributed by atoms with Crippen molar-refractivity contribution in [2.24, 2.45) is 5.73 Å². The Kier molecular flexibility index (Phi) is 10.0. The largest absolute Gasteiger partial charge is 0.480 e. The first-order valence-electron chi connectivity index (χ1n) is 8.56. The van der Waals surface area contributed by atoms with E-state index >= 15 is 0 Å². The number of carboxylic acid groups (broad SMARTS) is 1. The third kappa shape index (κ3) is 8.39. The predicted molar refractivity (Wildman–Crippen MR) is 103 cm³/mol. The first kappa shape index (κ1) is 23.4. The summed E-state index contributed by atoms with van der Waals surface area (Å²) in [7, 11) is 0.